The second-order valence-electron chi connectivity index (χ2n) is 5.54. The predicted octanol–water partition coefficient (Wildman–Crippen LogP) is 3.27. The predicted molar refractivity (Wildman–Crippen MR) is 92.4 cm³/mol. The molecular weight excluding hydrogens is 330 g/mol. The Hall–Kier alpha value is -1.86. The first-order valence-corrected chi connectivity index (χ1v) is 9.33. The van der Waals surface area contributed by atoms with E-state index < -0.39 is 6.03 Å². The molecule has 0 aromatic carbocycles. The smallest absolute Gasteiger partial charge is 0.312 e. The molecule has 3 amide bonds. The third-order valence-corrected chi connectivity index (χ3v) is 5.99. The molecule has 122 valence electrons. The van der Waals surface area contributed by atoms with Crippen LogP contribution in [0.25, 0.3) is 0 Å². The number of carbonyl (C=O) groups excluding carboxylic acids is 2. The fourth-order valence-electron chi connectivity index (χ4n) is 3.02. The maximum absolute atomic E-state index is 12.8. The van der Waals surface area contributed by atoms with Gasteiger partial charge in [0.05, 0.1) is 18.5 Å². The van der Waals surface area contributed by atoms with Crippen LogP contribution < -0.4 is 11.1 Å². The molecule has 23 heavy (non-hydrogen) atoms. The number of primary amides is 1. The first kappa shape index (κ1) is 16.0. The molecule has 0 bridgehead atoms. The highest BCUT2D eigenvalue weighted by Gasteiger charge is 2.32. The van der Waals surface area contributed by atoms with Crippen molar-refractivity contribution in [3.05, 3.63) is 44.8 Å². The van der Waals surface area contributed by atoms with Gasteiger partial charge in [0, 0.05) is 16.3 Å². The van der Waals surface area contributed by atoms with Crippen molar-refractivity contribution in [1.82, 2.24) is 10.2 Å². The Bertz CT molecular complexity index is 655. The fourth-order valence-corrected chi connectivity index (χ4v) is 4.67. The van der Waals surface area contributed by atoms with Gasteiger partial charge in [0.15, 0.2) is 0 Å². The van der Waals surface area contributed by atoms with E-state index in [1.165, 1.54) is 16.2 Å². The number of hydrogen-bond acceptors (Lipinski definition) is 4. The number of thiophene rings is 2. The zero-order valence-corrected chi connectivity index (χ0v) is 14.2. The maximum atomic E-state index is 12.8. The van der Waals surface area contributed by atoms with Crippen molar-refractivity contribution in [2.24, 2.45) is 5.73 Å². The van der Waals surface area contributed by atoms with Crippen LogP contribution >= 0.6 is 22.7 Å². The quantitative estimate of drug-likeness (QED) is 0.869. The van der Waals surface area contributed by atoms with Crippen molar-refractivity contribution in [2.45, 2.75) is 31.3 Å². The van der Waals surface area contributed by atoms with Crippen molar-refractivity contribution in [3.8, 4) is 0 Å². The summed E-state index contributed by atoms with van der Waals surface area (Å²) in [6.07, 6.45) is 2.26. The fraction of sp³-hybridized carbons (Fsp3) is 0.375. The molecule has 5 nitrogen and oxygen atoms in total. The molecule has 0 saturated carbocycles. The summed E-state index contributed by atoms with van der Waals surface area (Å²) in [5.41, 5.74) is 5.26. The van der Waals surface area contributed by atoms with Crippen molar-refractivity contribution in [3.63, 3.8) is 0 Å². The number of nitrogens with two attached hydrogens (primary N) is 1. The van der Waals surface area contributed by atoms with Gasteiger partial charge < -0.3 is 16.0 Å². The van der Waals surface area contributed by atoms with Crippen LogP contribution in [0.4, 0.5) is 4.79 Å². The van der Waals surface area contributed by atoms with Gasteiger partial charge in [-0.2, -0.15) is 0 Å². The number of nitrogens with one attached hydrogen (secondary N) is 1. The minimum atomic E-state index is -0.604. The van der Waals surface area contributed by atoms with Crippen LogP contribution in [0, 0.1) is 0 Å². The third-order valence-electron chi connectivity index (χ3n) is 4.03. The molecular formula is C16H19N3O2S2. The lowest BCUT2D eigenvalue weighted by Gasteiger charge is -2.26. The van der Waals surface area contributed by atoms with Crippen LogP contribution in [-0.4, -0.2) is 23.4 Å². The third kappa shape index (κ3) is 3.73. The lowest BCUT2D eigenvalue weighted by Crippen LogP contribution is -2.37. The normalized spacial score (nSPS) is 18.8. The first-order chi connectivity index (χ1) is 11.1. The van der Waals surface area contributed by atoms with Crippen molar-refractivity contribution in [1.29, 1.82) is 0 Å². The standard InChI is InChI=1S/C16H19N3O2S2/c17-16(21)18-11(13-5-2-8-22-13)10-15(20)19-7-1-4-12(19)14-6-3-9-23-14/h2-3,5-6,8-9,11-12H,1,4,7,10H2,(H3,17,18,21)/t11-,12-/m0/s1. The van der Waals surface area contributed by atoms with Gasteiger partial charge in [-0.1, -0.05) is 12.1 Å². The van der Waals surface area contributed by atoms with Gasteiger partial charge >= 0.3 is 6.03 Å². The molecule has 0 radical (unpaired) electrons. The lowest BCUT2D eigenvalue weighted by molar-refractivity contribution is -0.132. The van der Waals surface area contributed by atoms with Crippen molar-refractivity contribution in [2.75, 3.05) is 6.54 Å². The molecule has 7 heteroatoms. The molecule has 3 rings (SSSR count). The summed E-state index contributed by atoms with van der Waals surface area (Å²) < 4.78 is 0. The topological polar surface area (TPSA) is 75.4 Å². The van der Waals surface area contributed by atoms with E-state index in [0.29, 0.717) is 0 Å². The highest BCUT2D eigenvalue weighted by Crippen LogP contribution is 2.35. The second-order valence-corrected chi connectivity index (χ2v) is 7.50. The van der Waals surface area contributed by atoms with Gasteiger partial charge in [-0.05, 0) is 35.7 Å². The molecule has 2 aromatic heterocycles. The minimum absolute atomic E-state index is 0.0630. The van der Waals surface area contributed by atoms with E-state index >= 15 is 0 Å². The number of carbonyl (C=O) groups is 2. The Morgan fingerprint density at radius 2 is 2.09 bits per heavy atom. The van der Waals surface area contributed by atoms with E-state index in [-0.39, 0.29) is 24.4 Å². The van der Waals surface area contributed by atoms with Crippen LogP contribution in [0.5, 0.6) is 0 Å². The molecule has 3 heterocycles. The molecule has 1 aliphatic rings. The van der Waals surface area contributed by atoms with Crippen molar-refractivity contribution >= 4 is 34.6 Å². The van der Waals surface area contributed by atoms with E-state index in [9.17, 15) is 9.59 Å². The number of likely N-dealkylation sites (tertiary alicyclic amines) is 1. The summed E-state index contributed by atoms with van der Waals surface area (Å²) in [4.78, 5) is 28.1. The zero-order valence-electron chi connectivity index (χ0n) is 12.6. The van der Waals surface area contributed by atoms with E-state index in [4.69, 9.17) is 5.73 Å². The van der Waals surface area contributed by atoms with Crippen molar-refractivity contribution < 1.29 is 9.59 Å². The van der Waals surface area contributed by atoms with E-state index in [0.717, 1.165) is 24.3 Å². The molecule has 0 spiro atoms. The molecule has 1 fully saturated rings. The van der Waals surface area contributed by atoms with Gasteiger partial charge in [0.1, 0.15) is 0 Å². The van der Waals surface area contributed by atoms with Crippen LogP contribution in [-0.2, 0) is 4.79 Å². The Kier molecular flexibility index (Phi) is 4.97. The number of rotatable bonds is 5. The molecule has 1 saturated heterocycles. The zero-order chi connectivity index (χ0) is 16.2. The van der Waals surface area contributed by atoms with Gasteiger partial charge in [0.2, 0.25) is 5.91 Å². The average Bonchev–Trinajstić information content (AvgIpc) is 3.25. The second kappa shape index (κ2) is 7.14. The van der Waals surface area contributed by atoms with Gasteiger partial charge in [-0.3, -0.25) is 4.79 Å². The molecule has 0 unspecified atom stereocenters. The molecule has 1 aliphatic heterocycles. The van der Waals surface area contributed by atoms with Gasteiger partial charge in [-0.25, -0.2) is 4.79 Å². The Morgan fingerprint density at radius 3 is 2.74 bits per heavy atom. The van der Waals surface area contributed by atoms with Gasteiger partial charge in [-0.15, -0.1) is 22.7 Å². The average molecular weight is 349 g/mol. The Labute approximate surface area is 143 Å². The summed E-state index contributed by atoms with van der Waals surface area (Å²) in [6.45, 7) is 0.773. The first-order valence-electron chi connectivity index (χ1n) is 7.57. The highest BCUT2D eigenvalue weighted by molar-refractivity contribution is 7.10. The summed E-state index contributed by atoms with van der Waals surface area (Å²) in [5.74, 6) is 0.0630. The largest absolute Gasteiger partial charge is 0.352 e. The number of urea groups is 1. The summed E-state index contributed by atoms with van der Waals surface area (Å²) >= 11 is 3.20. The van der Waals surface area contributed by atoms with Crippen LogP contribution in [0.15, 0.2) is 35.0 Å². The maximum Gasteiger partial charge on any atom is 0.312 e. The van der Waals surface area contributed by atoms with Crippen LogP contribution in [0.2, 0.25) is 0 Å². The van der Waals surface area contributed by atoms with E-state index in [1.807, 2.05) is 33.9 Å². The molecule has 0 aliphatic carbocycles. The van der Waals surface area contributed by atoms with E-state index in [1.54, 1.807) is 11.3 Å². The molecule has 3 N–H and O–H groups in total. The minimum Gasteiger partial charge on any atom is -0.352 e. The molecule has 2 aromatic rings. The Balaban J connectivity index is 1.72. The number of hydrogen-bond donors (Lipinski definition) is 2. The lowest BCUT2D eigenvalue weighted by atomic mass is 10.1. The summed E-state index contributed by atoms with van der Waals surface area (Å²) in [6, 6.07) is 7.13. The SMILES string of the molecule is NC(=O)N[C@@H](CC(=O)N1CCC[C@H]1c1cccs1)c1cccs1. The summed E-state index contributed by atoms with van der Waals surface area (Å²) in [7, 11) is 0. The highest BCUT2D eigenvalue weighted by atomic mass is 32.1. The number of amides is 3. The van der Waals surface area contributed by atoms with Crippen LogP contribution in [0.3, 0.4) is 0 Å². The van der Waals surface area contributed by atoms with Crippen LogP contribution in [0.1, 0.15) is 41.1 Å². The van der Waals surface area contributed by atoms with E-state index in [2.05, 4.69) is 11.4 Å². The Morgan fingerprint density at radius 1 is 1.30 bits per heavy atom. The summed E-state index contributed by atoms with van der Waals surface area (Å²) in [5, 5.41) is 6.66. The number of nitrogens with zero attached hydrogens (tertiary/aromatic N) is 1. The van der Waals surface area contributed by atoms with Gasteiger partial charge in [0.25, 0.3) is 0 Å². The molecule has 2 atom stereocenters. The monoisotopic (exact) mass is 349 g/mol.